The van der Waals surface area contributed by atoms with Crippen molar-refractivity contribution < 1.29 is 4.79 Å². The van der Waals surface area contributed by atoms with Gasteiger partial charge in [0.15, 0.2) is 0 Å². The molecule has 0 saturated heterocycles. The fourth-order valence-electron chi connectivity index (χ4n) is 2.00. The highest BCUT2D eigenvalue weighted by atomic mass is 32.1. The van der Waals surface area contributed by atoms with E-state index in [9.17, 15) is 4.79 Å². The van der Waals surface area contributed by atoms with Gasteiger partial charge in [0.2, 0.25) is 5.91 Å². The second kappa shape index (κ2) is 4.17. The van der Waals surface area contributed by atoms with E-state index in [0.29, 0.717) is 0 Å². The number of fused-ring (bicyclic) bond motifs is 1. The predicted octanol–water partition coefficient (Wildman–Crippen LogP) is 2.16. The molecule has 1 aliphatic rings. The molecule has 3 nitrogen and oxygen atoms in total. The highest BCUT2D eigenvalue weighted by molar-refractivity contribution is 7.09. The molecule has 1 aliphatic carbocycles. The van der Waals surface area contributed by atoms with E-state index >= 15 is 0 Å². The van der Waals surface area contributed by atoms with Crippen LogP contribution in [0.5, 0.6) is 0 Å². The van der Waals surface area contributed by atoms with Crippen molar-refractivity contribution in [3.05, 3.63) is 16.1 Å². The lowest BCUT2D eigenvalue weighted by molar-refractivity contribution is -0.126. The maximum Gasteiger partial charge on any atom is 0.223 e. The summed E-state index contributed by atoms with van der Waals surface area (Å²) < 4.78 is 0. The first-order chi connectivity index (χ1) is 7.46. The molecule has 1 aromatic heterocycles. The SMILES string of the molecule is CC(C)(C)NC(=O)C1CCc2ncsc2C1. The minimum absolute atomic E-state index is 0.132. The zero-order valence-electron chi connectivity index (χ0n) is 10.0. The van der Waals surface area contributed by atoms with Crippen LogP contribution in [0.2, 0.25) is 0 Å². The number of aromatic nitrogens is 1. The molecule has 4 heteroatoms. The van der Waals surface area contributed by atoms with Crippen LogP contribution in [0.3, 0.4) is 0 Å². The number of amides is 1. The number of hydrogen-bond acceptors (Lipinski definition) is 3. The van der Waals surface area contributed by atoms with Gasteiger partial charge in [0, 0.05) is 16.3 Å². The number of hydrogen-bond donors (Lipinski definition) is 1. The van der Waals surface area contributed by atoms with Crippen LogP contribution >= 0.6 is 11.3 Å². The van der Waals surface area contributed by atoms with Gasteiger partial charge in [-0.2, -0.15) is 0 Å². The number of nitrogens with zero attached hydrogens (tertiary/aromatic N) is 1. The molecule has 0 aromatic carbocycles. The van der Waals surface area contributed by atoms with E-state index in [1.807, 2.05) is 26.3 Å². The van der Waals surface area contributed by atoms with Crippen molar-refractivity contribution in [1.82, 2.24) is 10.3 Å². The number of carbonyl (C=O) groups excluding carboxylic acids is 1. The summed E-state index contributed by atoms with van der Waals surface area (Å²) in [5.74, 6) is 0.318. The molecule has 16 heavy (non-hydrogen) atoms. The highest BCUT2D eigenvalue weighted by Crippen LogP contribution is 2.28. The Morgan fingerprint density at radius 3 is 3.00 bits per heavy atom. The molecule has 1 heterocycles. The smallest absolute Gasteiger partial charge is 0.223 e. The lowest BCUT2D eigenvalue weighted by Crippen LogP contribution is -2.45. The molecule has 0 radical (unpaired) electrons. The van der Waals surface area contributed by atoms with Crippen LogP contribution in [0.4, 0.5) is 0 Å². The Hall–Kier alpha value is -0.900. The second-order valence-electron chi connectivity index (χ2n) is 5.40. The largest absolute Gasteiger partial charge is 0.351 e. The van der Waals surface area contributed by atoms with E-state index in [1.165, 1.54) is 10.6 Å². The highest BCUT2D eigenvalue weighted by Gasteiger charge is 2.28. The first kappa shape index (κ1) is 11.6. The Morgan fingerprint density at radius 2 is 2.31 bits per heavy atom. The van der Waals surface area contributed by atoms with E-state index in [-0.39, 0.29) is 17.4 Å². The third-order valence-corrected chi connectivity index (χ3v) is 3.65. The number of thiazole rings is 1. The first-order valence-electron chi connectivity index (χ1n) is 5.69. The number of aryl methyl sites for hydroxylation is 1. The van der Waals surface area contributed by atoms with Gasteiger partial charge in [0.1, 0.15) is 0 Å². The van der Waals surface area contributed by atoms with Crippen LogP contribution in [0, 0.1) is 5.92 Å². The third-order valence-electron chi connectivity index (χ3n) is 2.76. The summed E-state index contributed by atoms with van der Waals surface area (Å²) in [6, 6.07) is 0. The third kappa shape index (κ3) is 2.61. The van der Waals surface area contributed by atoms with E-state index in [4.69, 9.17) is 0 Å². The van der Waals surface area contributed by atoms with Crippen LogP contribution in [-0.2, 0) is 17.6 Å². The van der Waals surface area contributed by atoms with E-state index in [2.05, 4.69) is 10.3 Å². The van der Waals surface area contributed by atoms with Crippen molar-refractivity contribution in [3.8, 4) is 0 Å². The summed E-state index contributed by atoms with van der Waals surface area (Å²) in [7, 11) is 0. The maximum absolute atomic E-state index is 12.0. The van der Waals surface area contributed by atoms with Gasteiger partial charge in [-0.15, -0.1) is 11.3 Å². The molecule has 88 valence electrons. The molecule has 0 saturated carbocycles. The van der Waals surface area contributed by atoms with E-state index in [0.717, 1.165) is 19.3 Å². The summed E-state index contributed by atoms with van der Waals surface area (Å²) in [5, 5.41) is 3.06. The van der Waals surface area contributed by atoms with Crippen LogP contribution in [0.25, 0.3) is 0 Å². The van der Waals surface area contributed by atoms with Gasteiger partial charge in [0.25, 0.3) is 0 Å². The molecule has 1 amide bonds. The van der Waals surface area contributed by atoms with Crippen molar-refractivity contribution in [3.63, 3.8) is 0 Å². The minimum Gasteiger partial charge on any atom is -0.351 e. The van der Waals surface area contributed by atoms with E-state index < -0.39 is 0 Å². The molecular formula is C12H18N2OS. The molecule has 0 spiro atoms. The van der Waals surface area contributed by atoms with E-state index in [1.54, 1.807) is 11.3 Å². The second-order valence-corrected chi connectivity index (χ2v) is 6.34. The van der Waals surface area contributed by atoms with Gasteiger partial charge in [-0.3, -0.25) is 4.79 Å². The van der Waals surface area contributed by atoms with Crippen LogP contribution in [-0.4, -0.2) is 16.4 Å². The van der Waals surface area contributed by atoms with Crippen molar-refractivity contribution in [2.75, 3.05) is 0 Å². The molecular weight excluding hydrogens is 220 g/mol. The topological polar surface area (TPSA) is 42.0 Å². The van der Waals surface area contributed by atoms with Crippen molar-refractivity contribution >= 4 is 17.2 Å². The summed E-state index contributed by atoms with van der Waals surface area (Å²) in [5.41, 5.74) is 2.95. The molecule has 1 aromatic rings. The monoisotopic (exact) mass is 238 g/mol. The quantitative estimate of drug-likeness (QED) is 0.814. The molecule has 1 N–H and O–H groups in total. The fourth-order valence-corrected chi connectivity index (χ4v) is 2.89. The van der Waals surface area contributed by atoms with Gasteiger partial charge >= 0.3 is 0 Å². The summed E-state index contributed by atoms with van der Waals surface area (Å²) in [4.78, 5) is 17.6. The van der Waals surface area contributed by atoms with Crippen molar-refractivity contribution in [2.45, 2.75) is 45.6 Å². The van der Waals surface area contributed by atoms with Crippen molar-refractivity contribution in [1.29, 1.82) is 0 Å². The lowest BCUT2D eigenvalue weighted by atomic mass is 9.89. The van der Waals surface area contributed by atoms with Gasteiger partial charge < -0.3 is 5.32 Å². The normalized spacial score (nSPS) is 20.3. The zero-order chi connectivity index (χ0) is 11.8. The molecule has 2 rings (SSSR count). The molecule has 1 atom stereocenters. The Kier molecular flexibility index (Phi) is 3.02. The van der Waals surface area contributed by atoms with Gasteiger partial charge in [-0.25, -0.2) is 4.98 Å². The molecule has 0 aliphatic heterocycles. The number of nitrogens with one attached hydrogen (secondary N) is 1. The van der Waals surface area contributed by atoms with Crippen LogP contribution in [0.15, 0.2) is 5.51 Å². The number of carbonyl (C=O) groups is 1. The Labute approximate surface area is 100 Å². The standard InChI is InChI=1S/C12H18N2OS/c1-12(2,3)14-11(15)8-4-5-9-10(6-8)16-7-13-9/h7-8H,4-6H2,1-3H3,(H,14,15). The van der Waals surface area contributed by atoms with Gasteiger partial charge in [-0.05, 0) is 40.0 Å². The summed E-state index contributed by atoms with van der Waals surface area (Å²) in [6.45, 7) is 6.06. The predicted molar refractivity (Wildman–Crippen MR) is 65.5 cm³/mol. The maximum atomic E-state index is 12.0. The van der Waals surface area contributed by atoms with Gasteiger partial charge in [0.05, 0.1) is 11.2 Å². The lowest BCUT2D eigenvalue weighted by Gasteiger charge is -2.26. The Balaban J connectivity index is 2.01. The Morgan fingerprint density at radius 1 is 1.56 bits per heavy atom. The van der Waals surface area contributed by atoms with Crippen LogP contribution < -0.4 is 5.32 Å². The van der Waals surface area contributed by atoms with Gasteiger partial charge in [-0.1, -0.05) is 0 Å². The average molecular weight is 238 g/mol. The molecule has 1 unspecified atom stereocenters. The molecule has 0 bridgehead atoms. The first-order valence-corrected chi connectivity index (χ1v) is 6.57. The average Bonchev–Trinajstić information content (AvgIpc) is 2.61. The molecule has 0 fully saturated rings. The summed E-state index contributed by atoms with van der Waals surface area (Å²) in [6.07, 6.45) is 2.74. The van der Waals surface area contributed by atoms with Crippen LogP contribution in [0.1, 0.15) is 37.8 Å². The fraction of sp³-hybridized carbons (Fsp3) is 0.667. The zero-order valence-corrected chi connectivity index (χ0v) is 10.9. The van der Waals surface area contributed by atoms with Crippen molar-refractivity contribution in [2.24, 2.45) is 5.92 Å². The Bertz CT molecular complexity index is 392. The minimum atomic E-state index is -0.134. The summed E-state index contributed by atoms with van der Waals surface area (Å²) >= 11 is 1.67. The number of rotatable bonds is 1.